The fraction of sp³-hybridized carbons (Fsp3) is 0.538. The van der Waals surface area contributed by atoms with Crippen molar-refractivity contribution in [1.82, 2.24) is 15.6 Å². The first-order valence-corrected chi connectivity index (χ1v) is 12.4. The summed E-state index contributed by atoms with van der Waals surface area (Å²) in [4.78, 5) is 20.0. The Hall–Kier alpha value is -2.80. The molecule has 7 rings (SSSR count). The lowest BCUT2D eigenvalue weighted by molar-refractivity contribution is 0.0915. The summed E-state index contributed by atoms with van der Waals surface area (Å²) in [5, 5.41) is 10.3. The minimum atomic E-state index is -0.0665. The molecule has 2 aromatic rings. The number of fused-ring (bicyclic) bond motifs is 6. The number of pyridine rings is 1. The molecule has 3 fully saturated rings. The molecule has 172 valence electrons. The van der Waals surface area contributed by atoms with E-state index < -0.39 is 0 Å². The lowest BCUT2D eigenvalue weighted by Crippen LogP contribution is -2.51. The SMILES string of the molecule is C[C@@]12CNc3ncc(C(=O)N[C@H]4COc5cc(N6CC7CCC(C6)N7)ccc5C4)cc3[C@@H]1C2. The van der Waals surface area contributed by atoms with Crippen LogP contribution in [0.4, 0.5) is 11.5 Å². The van der Waals surface area contributed by atoms with Gasteiger partial charge in [-0.2, -0.15) is 0 Å². The molecular formula is C26H31N5O2. The minimum Gasteiger partial charge on any atom is -0.491 e. The van der Waals surface area contributed by atoms with Gasteiger partial charge in [0.2, 0.25) is 0 Å². The first kappa shape index (κ1) is 19.6. The van der Waals surface area contributed by atoms with Crippen molar-refractivity contribution in [1.29, 1.82) is 0 Å². The molecule has 7 nitrogen and oxygen atoms in total. The van der Waals surface area contributed by atoms with Gasteiger partial charge in [-0.25, -0.2) is 4.98 Å². The van der Waals surface area contributed by atoms with Crippen molar-refractivity contribution in [3.8, 4) is 5.75 Å². The third-order valence-electron chi connectivity index (χ3n) is 8.44. The number of anilines is 2. The van der Waals surface area contributed by atoms with Crippen molar-refractivity contribution in [3.05, 3.63) is 47.2 Å². The van der Waals surface area contributed by atoms with Gasteiger partial charge in [0.05, 0.1) is 11.6 Å². The zero-order chi connectivity index (χ0) is 22.2. The molecule has 5 heterocycles. The van der Waals surface area contributed by atoms with E-state index in [1.807, 2.05) is 6.07 Å². The summed E-state index contributed by atoms with van der Waals surface area (Å²) in [6.45, 7) is 5.90. The van der Waals surface area contributed by atoms with E-state index in [0.717, 1.165) is 43.2 Å². The average Bonchev–Trinajstić information content (AvgIpc) is 3.43. The Kier molecular flexibility index (Phi) is 4.23. The molecule has 5 aliphatic rings. The molecule has 1 aromatic heterocycles. The number of amides is 1. The van der Waals surface area contributed by atoms with Crippen molar-refractivity contribution >= 4 is 17.4 Å². The zero-order valence-corrected chi connectivity index (χ0v) is 19.1. The first-order valence-electron chi connectivity index (χ1n) is 12.4. The monoisotopic (exact) mass is 445 g/mol. The van der Waals surface area contributed by atoms with Crippen LogP contribution < -0.4 is 25.6 Å². The fourth-order valence-electron chi connectivity index (χ4n) is 6.32. The normalized spacial score (nSPS) is 33.2. The van der Waals surface area contributed by atoms with Crippen LogP contribution in [0.25, 0.3) is 0 Å². The second-order valence-corrected chi connectivity index (χ2v) is 10.9. The van der Waals surface area contributed by atoms with Gasteiger partial charge >= 0.3 is 0 Å². The van der Waals surface area contributed by atoms with E-state index >= 15 is 0 Å². The average molecular weight is 446 g/mol. The Morgan fingerprint density at radius 2 is 2.09 bits per heavy atom. The highest BCUT2D eigenvalue weighted by Gasteiger charge is 2.54. The highest BCUT2D eigenvalue weighted by molar-refractivity contribution is 5.94. The number of hydrogen-bond donors (Lipinski definition) is 3. The van der Waals surface area contributed by atoms with Crippen LogP contribution in [-0.4, -0.2) is 55.3 Å². The molecule has 1 aliphatic carbocycles. The molecule has 7 heteroatoms. The molecular weight excluding hydrogens is 414 g/mol. The van der Waals surface area contributed by atoms with Crippen molar-refractivity contribution in [2.24, 2.45) is 5.41 Å². The number of rotatable bonds is 3. The number of carbonyl (C=O) groups is 1. The lowest BCUT2D eigenvalue weighted by atomic mass is 9.96. The molecule has 2 saturated heterocycles. The Bertz CT molecular complexity index is 1120. The molecule has 4 aliphatic heterocycles. The molecule has 2 bridgehead atoms. The molecule has 2 unspecified atom stereocenters. The number of hydrogen-bond acceptors (Lipinski definition) is 6. The zero-order valence-electron chi connectivity index (χ0n) is 19.1. The summed E-state index contributed by atoms with van der Waals surface area (Å²) in [6, 6.07) is 9.80. The Balaban J connectivity index is 1.03. The first-order chi connectivity index (χ1) is 16.0. The number of carbonyl (C=O) groups excluding carboxylic acids is 1. The quantitative estimate of drug-likeness (QED) is 0.674. The van der Waals surface area contributed by atoms with Crippen LogP contribution in [0.3, 0.4) is 0 Å². The molecule has 1 saturated carbocycles. The Morgan fingerprint density at radius 1 is 1.24 bits per heavy atom. The van der Waals surface area contributed by atoms with E-state index in [0.29, 0.717) is 35.6 Å². The van der Waals surface area contributed by atoms with Gasteiger partial charge in [-0.05, 0) is 60.3 Å². The number of nitrogens with zero attached hydrogens (tertiary/aromatic N) is 2. The van der Waals surface area contributed by atoms with Gasteiger partial charge < -0.3 is 25.6 Å². The Morgan fingerprint density at radius 3 is 2.94 bits per heavy atom. The van der Waals surface area contributed by atoms with E-state index in [9.17, 15) is 4.79 Å². The third kappa shape index (κ3) is 3.36. The van der Waals surface area contributed by atoms with Crippen molar-refractivity contribution in [2.75, 3.05) is 36.5 Å². The van der Waals surface area contributed by atoms with Crippen molar-refractivity contribution in [3.63, 3.8) is 0 Å². The second-order valence-electron chi connectivity index (χ2n) is 10.9. The van der Waals surface area contributed by atoms with Gasteiger partial charge in [-0.3, -0.25) is 4.79 Å². The van der Waals surface area contributed by atoms with Crippen molar-refractivity contribution in [2.45, 2.75) is 56.7 Å². The molecule has 1 amide bonds. The van der Waals surface area contributed by atoms with Crippen LogP contribution in [0, 0.1) is 5.41 Å². The summed E-state index contributed by atoms with van der Waals surface area (Å²) in [5.74, 6) is 2.36. The maximum Gasteiger partial charge on any atom is 0.253 e. The number of ether oxygens (including phenoxy) is 1. The minimum absolute atomic E-state index is 0.0359. The van der Waals surface area contributed by atoms with Gasteiger partial charge in [-0.15, -0.1) is 0 Å². The molecule has 0 spiro atoms. The van der Waals surface area contributed by atoms with Crippen LogP contribution in [0.15, 0.2) is 30.5 Å². The summed E-state index contributed by atoms with van der Waals surface area (Å²) in [7, 11) is 0. The van der Waals surface area contributed by atoms with Crippen LogP contribution in [0.5, 0.6) is 5.75 Å². The summed E-state index contributed by atoms with van der Waals surface area (Å²) < 4.78 is 6.12. The third-order valence-corrected chi connectivity index (χ3v) is 8.44. The highest BCUT2D eigenvalue weighted by Crippen LogP contribution is 2.62. The van der Waals surface area contributed by atoms with Gasteiger partial charge in [0.25, 0.3) is 5.91 Å². The molecule has 0 radical (unpaired) electrons. The molecule has 33 heavy (non-hydrogen) atoms. The van der Waals surface area contributed by atoms with Gasteiger partial charge in [0, 0.05) is 49.7 Å². The fourth-order valence-corrected chi connectivity index (χ4v) is 6.32. The lowest BCUT2D eigenvalue weighted by Gasteiger charge is -2.35. The van der Waals surface area contributed by atoms with Crippen LogP contribution in [0.1, 0.15) is 53.6 Å². The smallest absolute Gasteiger partial charge is 0.253 e. The van der Waals surface area contributed by atoms with Crippen LogP contribution in [0.2, 0.25) is 0 Å². The number of aromatic nitrogens is 1. The predicted octanol–water partition coefficient (Wildman–Crippen LogP) is 2.67. The predicted molar refractivity (Wildman–Crippen MR) is 127 cm³/mol. The number of benzene rings is 1. The number of nitrogens with one attached hydrogen (secondary N) is 3. The van der Waals surface area contributed by atoms with Crippen LogP contribution >= 0.6 is 0 Å². The maximum absolute atomic E-state index is 13.0. The summed E-state index contributed by atoms with van der Waals surface area (Å²) in [5.41, 5.74) is 4.57. The molecule has 5 atom stereocenters. The highest BCUT2D eigenvalue weighted by atomic mass is 16.5. The van der Waals surface area contributed by atoms with Gasteiger partial charge in [0.1, 0.15) is 18.2 Å². The maximum atomic E-state index is 13.0. The van der Waals surface area contributed by atoms with Crippen molar-refractivity contribution < 1.29 is 9.53 Å². The van der Waals surface area contributed by atoms with E-state index in [1.165, 1.54) is 30.5 Å². The number of piperazine rings is 1. The van der Waals surface area contributed by atoms with Crippen LogP contribution in [-0.2, 0) is 6.42 Å². The largest absolute Gasteiger partial charge is 0.491 e. The summed E-state index contributed by atoms with van der Waals surface area (Å²) in [6.07, 6.45) is 6.20. The van der Waals surface area contributed by atoms with E-state index in [-0.39, 0.29) is 11.9 Å². The standard InChI is InChI=1S/C26H31N5O2/c1-26-9-22(26)21-7-16(10-27-24(21)28-14-26)25(32)30-19-6-15-2-5-20(8-23(15)33-13-19)31-11-17-3-4-18(12-31)29-17/h2,5,7-8,10,17-19,22,29H,3-4,6,9,11-14H2,1H3,(H,27,28)(H,30,32)/t17?,18?,19-,22+,26-/m1/s1. The van der Waals surface area contributed by atoms with E-state index in [4.69, 9.17) is 4.74 Å². The van der Waals surface area contributed by atoms with E-state index in [2.05, 4.69) is 51.0 Å². The molecule has 3 N–H and O–H groups in total. The molecule has 1 aromatic carbocycles. The van der Waals surface area contributed by atoms with Gasteiger partial charge in [0.15, 0.2) is 0 Å². The van der Waals surface area contributed by atoms with Gasteiger partial charge in [-0.1, -0.05) is 13.0 Å². The Labute approximate surface area is 194 Å². The van der Waals surface area contributed by atoms with E-state index in [1.54, 1.807) is 6.20 Å². The summed E-state index contributed by atoms with van der Waals surface area (Å²) >= 11 is 0. The second kappa shape index (κ2) is 7.10. The topological polar surface area (TPSA) is 78.5 Å².